The second-order valence-corrected chi connectivity index (χ2v) is 6.00. The Morgan fingerprint density at radius 2 is 1.90 bits per heavy atom. The molecule has 0 bridgehead atoms. The number of nitrogens with zero attached hydrogens (tertiary/aromatic N) is 2. The van der Waals surface area contributed by atoms with E-state index in [1.165, 1.54) is 11.1 Å². The highest BCUT2D eigenvalue weighted by atomic mass is 15.2. The molecule has 0 aromatic carbocycles. The Balaban J connectivity index is 3.24. The van der Waals surface area contributed by atoms with Crippen molar-refractivity contribution in [3.8, 4) is 0 Å². The van der Waals surface area contributed by atoms with Crippen LogP contribution >= 0.6 is 0 Å². The van der Waals surface area contributed by atoms with E-state index in [4.69, 9.17) is 0 Å². The summed E-state index contributed by atoms with van der Waals surface area (Å²) in [6.07, 6.45) is 6.19. The van der Waals surface area contributed by atoms with E-state index in [1.807, 2.05) is 12.4 Å². The van der Waals surface area contributed by atoms with Crippen molar-refractivity contribution in [2.75, 3.05) is 19.6 Å². The molecule has 120 valence electrons. The van der Waals surface area contributed by atoms with Crippen LogP contribution < -0.4 is 5.32 Å². The molecule has 0 fully saturated rings. The second kappa shape index (κ2) is 8.50. The average Bonchev–Trinajstić information content (AvgIpc) is 2.50. The molecule has 1 rings (SSSR count). The summed E-state index contributed by atoms with van der Waals surface area (Å²) in [5.74, 6) is 0. The number of pyridine rings is 1. The lowest BCUT2D eigenvalue weighted by Crippen LogP contribution is -2.54. The van der Waals surface area contributed by atoms with Crippen LogP contribution in [0.4, 0.5) is 0 Å². The largest absolute Gasteiger partial charge is 0.308 e. The van der Waals surface area contributed by atoms with Crippen molar-refractivity contribution < 1.29 is 0 Å². The maximum atomic E-state index is 4.37. The molecular formula is C18H33N3. The first-order valence-electron chi connectivity index (χ1n) is 8.43. The van der Waals surface area contributed by atoms with Crippen LogP contribution in [0.1, 0.15) is 64.6 Å². The SMILES string of the molecule is CCCNC(c1cnccc1C)C(C)(CC)N(CC)CC. The zero-order valence-electron chi connectivity index (χ0n) is 14.7. The standard InChI is InChI=1S/C18H33N3/c1-7-12-20-17(16-14-19-13-11-15(16)5)18(6,8-2)21(9-3)10-4/h11,13-14,17,20H,7-10,12H2,1-6H3. The molecule has 1 aromatic rings. The molecule has 0 saturated carbocycles. The Hall–Kier alpha value is -0.930. The fraction of sp³-hybridized carbons (Fsp3) is 0.722. The number of hydrogen-bond donors (Lipinski definition) is 1. The van der Waals surface area contributed by atoms with Crippen molar-refractivity contribution in [1.82, 2.24) is 15.2 Å². The Morgan fingerprint density at radius 1 is 1.24 bits per heavy atom. The fourth-order valence-corrected chi connectivity index (χ4v) is 3.29. The van der Waals surface area contributed by atoms with Crippen LogP contribution in [-0.4, -0.2) is 35.1 Å². The highest BCUT2D eigenvalue weighted by Gasteiger charge is 2.38. The van der Waals surface area contributed by atoms with Gasteiger partial charge in [0.1, 0.15) is 0 Å². The summed E-state index contributed by atoms with van der Waals surface area (Å²) < 4.78 is 0. The lowest BCUT2D eigenvalue weighted by Gasteiger charge is -2.46. The number of aryl methyl sites for hydroxylation is 1. The lowest BCUT2D eigenvalue weighted by atomic mass is 9.81. The average molecular weight is 291 g/mol. The van der Waals surface area contributed by atoms with Crippen LogP contribution in [-0.2, 0) is 0 Å². The van der Waals surface area contributed by atoms with E-state index in [-0.39, 0.29) is 5.54 Å². The molecule has 21 heavy (non-hydrogen) atoms. The molecule has 0 aliphatic carbocycles. The van der Waals surface area contributed by atoms with Gasteiger partial charge in [-0.05, 0) is 63.5 Å². The molecular weight excluding hydrogens is 258 g/mol. The Morgan fingerprint density at radius 3 is 2.38 bits per heavy atom. The van der Waals surface area contributed by atoms with Crippen LogP contribution in [0.2, 0.25) is 0 Å². The van der Waals surface area contributed by atoms with Crippen LogP contribution in [0, 0.1) is 6.92 Å². The summed E-state index contributed by atoms with van der Waals surface area (Å²) in [5, 5.41) is 3.79. The number of hydrogen-bond acceptors (Lipinski definition) is 3. The van der Waals surface area contributed by atoms with Gasteiger partial charge in [-0.15, -0.1) is 0 Å². The molecule has 0 radical (unpaired) electrons. The van der Waals surface area contributed by atoms with E-state index in [0.29, 0.717) is 6.04 Å². The maximum Gasteiger partial charge on any atom is 0.0522 e. The molecule has 0 aliphatic heterocycles. The topological polar surface area (TPSA) is 28.2 Å². The summed E-state index contributed by atoms with van der Waals surface area (Å²) >= 11 is 0. The van der Waals surface area contributed by atoms with E-state index >= 15 is 0 Å². The Labute approximate surface area is 131 Å². The van der Waals surface area contributed by atoms with E-state index in [1.54, 1.807) is 0 Å². The molecule has 0 amide bonds. The molecule has 0 saturated heterocycles. The summed E-state index contributed by atoms with van der Waals surface area (Å²) in [5.41, 5.74) is 2.76. The van der Waals surface area contributed by atoms with Crippen LogP contribution in [0.25, 0.3) is 0 Å². The smallest absolute Gasteiger partial charge is 0.0522 e. The van der Waals surface area contributed by atoms with Crippen molar-refractivity contribution in [3.05, 3.63) is 29.6 Å². The summed E-state index contributed by atoms with van der Waals surface area (Å²) in [4.78, 5) is 6.95. The van der Waals surface area contributed by atoms with E-state index in [2.05, 4.69) is 62.8 Å². The first kappa shape index (κ1) is 18.1. The zero-order chi connectivity index (χ0) is 15.9. The van der Waals surface area contributed by atoms with Gasteiger partial charge in [0.25, 0.3) is 0 Å². The van der Waals surface area contributed by atoms with Gasteiger partial charge in [0.2, 0.25) is 0 Å². The lowest BCUT2D eigenvalue weighted by molar-refractivity contribution is 0.0694. The van der Waals surface area contributed by atoms with E-state index < -0.39 is 0 Å². The Kier molecular flexibility index (Phi) is 7.33. The van der Waals surface area contributed by atoms with Gasteiger partial charge >= 0.3 is 0 Å². The van der Waals surface area contributed by atoms with Gasteiger partial charge in [-0.2, -0.15) is 0 Å². The van der Waals surface area contributed by atoms with Gasteiger partial charge in [-0.3, -0.25) is 9.88 Å². The van der Waals surface area contributed by atoms with Crippen molar-refractivity contribution >= 4 is 0 Å². The van der Waals surface area contributed by atoms with E-state index in [9.17, 15) is 0 Å². The molecule has 2 unspecified atom stereocenters. The van der Waals surface area contributed by atoms with Gasteiger partial charge in [0, 0.05) is 17.9 Å². The van der Waals surface area contributed by atoms with Crippen LogP contribution in [0.15, 0.2) is 18.5 Å². The van der Waals surface area contributed by atoms with Crippen molar-refractivity contribution in [2.24, 2.45) is 0 Å². The highest BCUT2D eigenvalue weighted by molar-refractivity contribution is 5.28. The molecule has 2 atom stereocenters. The minimum Gasteiger partial charge on any atom is -0.308 e. The number of aromatic nitrogens is 1. The van der Waals surface area contributed by atoms with Gasteiger partial charge in [-0.25, -0.2) is 0 Å². The third-order valence-electron chi connectivity index (χ3n) is 4.81. The fourth-order valence-electron chi connectivity index (χ4n) is 3.29. The third kappa shape index (κ3) is 4.04. The number of likely N-dealkylation sites (N-methyl/N-ethyl adjacent to an activating group) is 1. The van der Waals surface area contributed by atoms with Gasteiger partial charge in [-0.1, -0.05) is 27.7 Å². The number of nitrogens with one attached hydrogen (secondary N) is 1. The molecule has 1 N–H and O–H groups in total. The molecule has 1 heterocycles. The zero-order valence-corrected chi connectivity index (χ0v) is 14.7. The summed E-state index contributed by atoms with van der Waals surface area (Å²) in [6.45, 7) is 16.8. The van der Waals surface area contributed by atoms with Crippen LogP contribution in [0.3, 0.4) is 0 Å². The minimum atomic E-state index is 0.104. The quantitative estimate of drug-likeness (QED) is 0.747. The van der Waals surface area contributed by atoms with E-state index in [0.717, 1.165) is 32.5 Å². The van der Waals surface area contributed by atoms with Crippen LogP contribution in [0.5, 0.6) is 0 Å². The van der Waals surface area contributed by atoms with Gasteiger partial charge < -0.3 is 5.32 Å². The third-order valence-corrected chi connectivity index (χ3v) is 4.81. The minimum absolute atomic E-state index is 0.104. The maximum absolute atomic E-state index is 4.37. The highest BCUT2D eigenvalue weighted by Crippen LogP contribution is 2.35. The molecule has 3 heteroatoms. The number of rotatable bonds is 9. The van der Waals surface area contributed by atoms with Gasteiger partial charge in [0.15, 0.2) is 0 Å². The summed E-state index contributed by atoms with van der Waals surface area (Å²) in [6, 6.07) is 2.44. The summed E-state index contributed by atoms with van der Waals surface area (Å²) in [7, 11) is 0. The molecule has 0 aliphatic rings. The van der Waals surface area contributed by atoms with Crippen molar-refractivity contribution in [2.45, 2.75) is 66.0 Å². The predicted octanol–water partition coefficient (Wildman–Crippen LogP) is 3.94. The van der Waals surface area contributed by atoms with Crippen molar-refractivity contribution in [1.29, 1.82) is 0 Å². The second-order valence-electron chi connectivity index (χ2n) is 6.00. The first-order chi connectivity index (χ1) is 10.0. The predicted molar refractivity (Wildman–Crippen MR) is 91.6 cm³/mol. The molecule has 3 nitrogen and oxygen atoms in total. The first-order valence-corrected chi connectivity index (χ1v) is 8.43. The Bertz CT molecular complexity index is 415. The van der Waals surface area contributed by atoms with Gasteiger partial charge in [0.05, 0.1) is 6.04 Å². The molecule has 0 spiro atoms. The monoisotopic (exact) mass is 291 g/mol. The normalized spacial score (nSPS) is 16.0. The molecule has 1 aromatic heterocycles. The van der Waals surface area contributed by atoms with Crippen molar-refractivity contribution in [3.63, 3.8) is 0 Å².